The number of rotatable bonds is 8. The molecule has 2 aromatic carbocycles. The molecule has 0 spiro atoms. The zero-order valence-corrected chi connectivity index (χ0v) is 15.4. The number of nitrogens with one attached hydrogen (secondary N) is 1. The summed E-state index contributed by atoms with van der Waals surface area (Å²) >= 11 is 0. The maximum atomic E-state index is 12.4. The monoisotopic (exact) mass is 375 g/mol. The minimum Gasteiger partial charge on any atom is -0.493 e. The summed E-state index contributed by atoms with van der Waals surface area (Å²) in [5, 5.41) is 2.79. The Morgan fingerprint density at radius 2 is 1.70 bits per heavy atom. The molecule has 1 N–H and O–H groups in total. The van der Waals surface area contributed by atoms with Crippen molar-refractivity contribution < 1.29 is 33.2 Å². The van der Waals surface area contributed by atoms with Gasteiger partial charge < -0.3 is 33.7 Å². The van der Waals surface area contributed by atoms with Crippen molar-refractivity contribution >= 4 is 5.91 Å². The summed E-state index contributed by atoms with van der Waals surface area (Å²) in [5.41, 5.74) is 0.396. The van der Waals surface area contributed by atoms with E-state index in [4.69, 9.17) is 28.4 Å². The van der Waals surface area contributed by atoms with Crippen molar-refractivity contribution in [3.05, 3.63) is 35.9 Å². The third-order valence-electron chi connectivity index (χ3n) is 3.93. The molecule has 2 aromatic rings. The van der Waals surface area contributed by atoms with Crippen LogP contribution in [0.2, 0.25) is 0 Å². The van der Waals surface area contributed by atoms with Crippen molar-refractivity contribution in [3.8, 4) is 34.5 Å². The van der Waals surface area contributed by atoms with Crippen LogP contribution >= 0.6 is 0 Å². The van der Waals surface area contributed by atoms with Crippen LogP contribution in [0.15, 0.2) is 30.3 Å². The predicted molar refractivity (Wildman–Crippen MR) is 96.5 cm³/mol. The van der Waals surface area contributed by atoms with Gasteiger partial charge in [-0.2, -0.15) is 0 Å². The summed E-state index contributed by atoms with van der Waals surface area (Å²) in [6.07, 6.45) is 0. The Labute approximate surface area is 156 Å². The quantitative estimate of drug-likeness (QED) is 0.709. The van der Waals surface area contributed by atoms with Gasteiger partial charge in [-0.3, -0.25) is 4.79 Å². The van der Waals surface area contributed by atoms with Gasteiger partial charge in [-0.05, 0) is 24.3 Å². The SMILES string of the molecule is COc1cc(C(=O)NCCOc2ccc3c(c2)OCO3)cc(OC)c1OC. The molecule has 27 heavy (non-hydrogen) atoms. The standard InChI is InChI=1S/C19H21NO7/c1-22-16-8-12(9-17(23-2)18(16)24-3)19(21)20-6-7-25-13-4-5-14-15(10-13)27-11-26-14/h4-5,8-10H,6-7,11H2,1-3H3,(H,20,21). The highest BCUT2D eigenvalue weighted by Crippen LogP contribution is 2.38. The molecular weight excluding hydrogens is 354 g/mol. The molecule has 1 aliphatic heterocycles. The first-order chi connectivity index (χ1) is 13.2. The molecule has 0 radical (unpaired) electrons. The first kappa shape index (κ1) is 18.5. The summed E-state index contributed by atoms with van der Waals surface area (Å²) in [6.45, 7) is 0.837. The van der Waals surface area contributed by atoms with Gasteiger partial charge in [0.1, 0.15) is 12.4 Å². The molecule has 1 amide bonds. The smallest absolute Gasteiger partial charge is 0.251 e. The first-order valence-electron chi connectivity index (χ1n) is 8.27. The average Bonchev–Trinajstić information content (AvgIpc) is 3.17. The molecule has 1 aliphatic rings. The van der Waals surface area contributed by atoms with Gasteiger partial charge in [-0.25, -0.2) is 0 Å². The third kappa shape index (κ3) is 4.11. The second-order valence-electron chi connectivity index (χ2n) is 5.53. The lowest BCUT2D eigenvalue weighted by atomic mass is 10.1. The lowest BCUT2D eigenvalue weighted by Crippen LogP contribution is -2.28. The summed E-state index contributed by atoms with van der Waals surface area (Å²) < 4.78 is 31.9. The molecule has 0 saturated carbocycles. The zero-order valence-electron chi connectivity index (χ0n) is 15.4. The largest absolute Gasteiger partial charge is 0.493 e. The fourth-order valence-corrected chi connectivity index (χ4v) is 2.61. The highest BCUT2D eigenvalue weighted by Gasteiger charge is 2.17. The van der Waals surface area contributed by atoms with E-state index >= 15 is 0 Å². The molecule has 1 heterocycles. The first-order valence-corrected chi connectivity index (χ1v) is 8.27. The summed E-state index contributed by atoms with van der Waals surface area (Å²) in [5.74, 6) is 2.97. The van der Waals surface area contributed by atoms with Gasteiger partial charge in [0, 0.05) is 11.6 Å². The van der Waals surface area contributed by atoms with Crippen LogP contribution in [0.25, 0.3) is 0 Å². The minimum atomic E-state index is -0.275. The van der Waals surface area contributed by atoms with E-state index < -0.39 is 0 Å². The summed E-state index contributed by atoms with van der Waals surface area (Å²) in [7, 11) is 4.50. The third-order valence-corrected chi connectivity index (χ3v) is 3.93. The van der Waals surface area contributed by atoms with E-state index in [-0.39, 0.29) is 12.7 Å². The van der Waals surface area contributed by atoms with E-state index in [1.165, 1.54) is 21.3 Å². The number of hydrogen-bond donors (Lipinski definition) is 1. The van der Waals surface area contributed by atoms with Crippen molar-refractivity contribution in [2.45, 2.75) is 0 Å². The molecule has 0 atom stereocenters. The Bertz CT molecular complexity index is 797. The molecule has 0 fully saturated rings. The van der Waals surface area contributed by atoms with Gasteiger partial charge in [-0.15, -0.1) is 0 Å². The van der Waals surface area contributed by atoms with Crippen molar-refractivity contribution in [3.63, 3.8) is 0 Å². The number of carbonyl (C=O) groups is 1. The molecular formula is C19H21NO7. The predicted octanol–water partition coefficient (Wildman–Crippen LogP) is 2.25. The second kappa shape index (κ2) is 8.39. The average molecular weight is 375 g/mol. The van der Waals surface area contributed by atoms with Crippen LogP contribution in [0.3, 0.4) is 0 Å². The maximum Gasteiger partial charge on any atom is 0.251 e. The zero-order chi connectivity index (χ0) is 19.2. The van der Waals surface area contributed by atoms with Crippen LogP contribution in [0.5, 0.6) is 34.5 Å². The van der Waals surface area contributed by atoms with Gasteiger partial charge in [0.05, 0.1) is 27.9 Å². The van der Waals surface area contributed by atoms with Gasteiger partial charge >= 0.3 is 0 Å². The Balaban J connectivity index is 1.56. The van der Waals surface area contributed by atoms with Crippen LogP contribution in [-0.2, 0) is 0 Å². The number of fused-ring (bicyclic) bond motifs is 1. The molecule has 0 unspecified atom stereocenters. The highest BCUT2D eigenvalue weighted by atomic mass is 16.7. The van der Waals surface area contributed by atoms with E-state index in [1.54, 1.807) is 30.3 Å². The lowest BCUT2D eigenvalue weighted by Gasteiger charge is -2.14. The molecule has 0 saturated heterocycles. The number of amides is 1. The number of methoxy groups -OCH3 is 3. The van der Waals surface area contributed by atoms with Crippen molar-refractivity contribution in [2.24, 2.45) is 0 Å². The Morgan fingerprint density at radius 1 is 1.00 bits per heavy atom. The minimum absolute atomic E-state index is 0.212. The summed E-state index contributed by atoms with van der Waals surface area (Å²) in [4.78, 5) is 12.4. The van der Waals surface area contributed by atoms with E-state index in [2.05, 4.69) is 5.32 Å². The van der Waals surface area contributed by atoms with Crippen LogP contribution in [0.1, 0.15) is 10.4 Å². The number of ether oxygens (including phenoxy) is 6. The van der Waals surface area contributed by atoms with Gasteiger partial charge in [-0.1, -0.05) is 0 Å². The molecule has 0 aliphatic carbocycles. The van der Waals surface area contributed by atoms with E-state index in [0.29, 0.717) is 53.2 Å². The Hall–Kier alpha value is -3.29. The van der Waals surface area contributed by atoms with Gasteiger partial charge in [0.25, 0.3) is 5.91 Å². The van der Waals surface area contributed by atoms with Gasteiger partial charge in [0.15, 0.2) is 23.0 Å². The van der Waals surface area contributed by atoms with Crippen LogP contribution in [0, 0.1) is 0 Å². The number of hydrogen-bond acceptors (Lipinski definition) is 7. The van der Waals surface area contributed by atoms with Crippen molar-refractivity contribution in [1.82, 2.24) is 5.32 Å². The fraction of sp³-hybridized carbons (Fsp3) is 0.316. The molecule has 144 valence electrons. The van der Waals surface area contributed by atoms with Crippen molar-refractivity contribution in [1.29, 1.82) is 0 Å². The maximum absolute atomic E-state index is 12.4. The van der Waals surface area contributed by atoms with E-state index in [1.807, 2.05) is 0 Å². The Morgan fingerprint density at radius 3 is 2.37 bits per heavy atom. The fourth-order valence-electron chi connectivity index (χ4n) is 2.61. The van der Waals surface area contributed by atoms with Crippen LogP contribution < -0.4 is 33.7 Å². The highest BCUT2D eigenvalue weighted by molar-refractivity contribution is 5.95. The van der Waals surface area contributed by atoms with Crippen LogP contribution in [0.4, 0.5) is 0 Å². The molecule has 0 bridgehead atoms. The normalized spacial score (nSPS) is 11.7. The topological polar surface area (TPSA) is 84.5 Å². The Kier molecular flexibility index (Phi) is 5.75. The molecule has 0 aromatic heterocycles. The lowest BCUT2D eigenvalue weighted by molar-refractivity contribution is 0.0946. The molecule has 8 nitrogen and oxygen atoms in total. The van der Waals surface area contributed by atoms with Gasteiger partial charge in [0.2, 0.25) is 12.5 Å². The van der Waals surface area contributed by atoms with Crippen LogP contribution in [-0.4, -0.2) is 47.2 Å². The van der Waals surface area contributed by atoms with E-state index in [0.717, 1.165) is 0 Å². The second-order valence-corrected chi connectivity index (χ2v) is 5.53. The summed E-state index contributed by atoms with van der Waals surface area (Å²) in [6, 6.07) is 8.51. The molecule has 3 rings (SSSR count). The number of benzene rings is 2. The number of carbonyl (C=O) groups excluding carboxylic acids is 1. The molecule has 8 heteroatoms. The van der Waals surface area contributed by atoms with E-state index in [9.17, 15) is 4.79 Å². The van der Waals surface area contributed by atoms with Crippen molar-refractivity contribution in [2.75, 3.05) is 41.3 Å².